The molecule has 0 saturated heterocycles. The van der Waals surface area contributed by atoms with Crippen molar-refractivity contribution < 1.29 is 14.5 Å². The molecule has 8 heteroatoms. The summed E-state index contributed by atoms with van der Waals surface area (Å²) in [5.41, 5.74) is 1.03. The van der Waals surface area contributed by atoms with Crippen molar-refractivity contribution in [2.24, 2.45) is 0 Å². The van der Waals surface area contributed by atoms with Crippen LogP contribution >= 0.6 is 11.6 Å². The number of nitrogens with zero attached hydrogens (tertiary/aromatic N) is 1. The summed E-state index contributed by atoms with van der Waals surface area (Å²) in [6.07, 6.45) is 0. The number of nitro groups is 1. The highest BCUT2D eigenvalue weighted by atomic mass is 35.5. The molecule has 0 atom stereocenters. The molecule has 2 aromatic carbocycles. The number of nitrogens with one attached hydrogen (secondary N) is 2. The fraction of sp³-hybridized carbons (Fsp3) is 0.176. The summed E-state index contributed by atoms with van der Waals surface area (Å²) >= 11 is 5.76. The first-order valence-electron chi connectivity index (χ1n) is 7.45. The van der Waals surface area contributed by atoms with E-state index < -0.39 is 10.8 Å². The molecule has 0 saturated carbocycles. The lowest BCUT2D eigenvalue weighted by molar-refractivity contribution is -0.385. The summed E-state index contributed by atoms with van der Waals surface area (Å²) < 4.78 is 0. The lowest BCUT2D eigenvalue weighted by Crippen LogP contribution is -2.34. The molecule has 2 aromatic rings. The minimum Gasteiger partial charge on any atom is -0.350 e. The van der Waals surface area contributed by atoms with Gasteiger partial charge in [0, 0.05) is 40.9 Å². The third kappa shape index (κ3) is 5.02. The number of nitro benzene ring substituents is 1. The second-order valence-electron chi connectivity index (χ2n) is 5.28. The predicted octanol–water partition coefficient (Wildman–Crippen LogP) is 2.72. The highest BCUT2D eigenvalue weighted by molar-refractivity contribution is 6.30. The Kier molecular flexibility index (Phi) is 6.08. The minimum atomic E-state index is -0.529. The molecule has 0 heterocycles. The van der Waals surface area contributed by atoms with E-state index in [1.807, 2.05) is 0 Å². The van der Waals surface area contributed by atoms with Crippen LogP contribution in [0.2, 0.25) is 5.02 Å². The number of hydrogen-bond acceptors (Lipinski definition) is 4. The van der Waals surface area contributed by atoms with Gasteiger partial charge < -0.3 is 10.6 Å². The third-order valence-corrected chi connectivity index (χ3v) is 3.72. The molecule has 130 valence electrons. The van der Waals surface area contributed by atoms with Crippen LogP contribution in [0.4, 0.5) is 5.69 Å². The summed E-state index contributed by atoms with van der Waals surface area (Å²) in [5.74, 6) is -0.722. The Bertz CT molecular complexity index is 806. The fourth-order valence-electron chi connectivity index (χ4n) is 2.10. The first-order chi connectivity index (χ1) is 11.9. The summed E-state index contributed by atoms with van der Waals surface area (Å²) in [4.78, 5) is 34.3. The molecular weight excluding hydrogens is 346 g/mol. The number of benzene rings is 2. The standard InChI is InChI=1S/C17H16ClN3O4/c1-11-2-3-13(10-15(11)21(24)25)17(23)20-9-8-19-16(22)12-4-6-14(18)7-5-12/h2-7,10H,8-9H2,1H3,(H,19,22)(H,20,23). The quantitative estimate of drug-likeness (QED) is 0.469. The maximum absolute atomic E-state index is 12.0. The number of halogens is 1. The lowest BCUT2D eigenvalue weighted by atomic mass is 10.1. The van der Waals surface area contributed by atoms with Gasteiger partial charge in [0.1, 0.15) is 0 Å². The smallest absolute Gasteiger partial charge is 0.273 e. The van der Waals surface area contributed by atoms with Crippen LogP contribution in [-0.4, -0.2) is 29.8 Å². The van der Waals surface area contributed by atoms with Crippen molar-refractivity contribution >= 4 is 29.1 Å². The van der Waals surface area contributed by atoms with Crippen LogP contribution in [0.3, 0.4) is 0 Å². The van der Waals surface area contributed by atoms with Crippen LogP contribution < -0.4 is 10.6 Å². The topological polar surface area (TPSA) is 101 Å². The van der Waals surface area contributed by atoms with E-state index in [0.717, 1.165) is 0 Å². The van der Waals surface area contributed by atoms with Crippen LogP contribution in [0, 0.1) is 17.0 Å². The zero-order chi connectivity index (χ0) is 18.4. The largest absolute Gasteiger partial charge is 0.350 e. The Morgan fingerprint density at radius 2 is 1.52 bits per heavy atom. The molecule has 0 bridgehead atoms. The van der Waals surface area contributed by atoms with Gasteiger partial charge in [-0.25, -0.2) is 0 Å². The van der Waals surface area contributed by atoms with Gasteiger partial charge in [0.15, 0.2) is 0 Å². The molecule has 0 aliphatic rings. The summed E-state index contributed by atoms with van der Waals surface area (Å²) in [6, 6.07) is 10.7. The Labute approximate surface area is 149 Å². The van der Waals surface area contributed by atoms with Gasteiger partial charge in [-0.05, 0) is 37.3 Å². The normalized spacial score (nSPS) is 10.2. The van der Waals surface area contributed by atoms with Gasteiger partial charge in [0.2, 0.25) is 0 Å². The Morgan fingerprint density at radius 3 is 2.08 bits per heavy atom. The van der Waals surface area contributed by atoms with E-state index in [2.05, 4.69) is 10.6 Å². The average Bonchev–Trinajstić information content (AvgIpc) is 2.59. The van der Waals surface area contributed by atoms with Crippen molar-refractivity contribution in [1.82, 2.24) is 10.6 Å². The number of hydrogen-bond donors (Lipinski definition) is 2. The van der Waals surface area contributed by atoms with E-state index >= 15 is 0 Å². The maximum atomic E-state index is 12.0. The molecule has 2 amide bonds. The molecule has 25 heavy (non-hydrogen) atoms. The van der Waals surface area contributed by atoms with Gasteiger partial charge in [-0.1, -0.05) is 17.7 Å². The highest BCUT2D eigenvalue weighted by Gasteiger charge is 2.14. The van der Waals surface area contributed by atoms with Crippen LogP contribution in [0.25, 0.3) is 0 Å². The molecule has 7 nitrogen and oxygen atoms in total. The molecule has 0 aliphatic carbocycles. The Hall–Kier alpha value is -2.93. The average molecular weight is 362 g/mol. The Morgan fingerprint density at radius 1 is 1.00 bits per heavy atom. The van der Waals surface area contributed by atoms with E-state index in [9.17, 15) is 19.7 Å². The van der Waals surface area contributed by atoms with Crippen LogP contribution in [-0.2, 0) is 0 Å². The molecular formula is C17H16ClN3O4. The summed E-state index contributed by atoms with van der Waals surface area (Å²) in [5, 5.41) is 16.7. The molecule has 0 spiro atoms. The number of carbonyl (C=O) groups excluding carboxylic acids is 2. The second-order valence-corrected chi connectivity index (χ2v) is 5.71. The zero-order valence-electron chi connectivity index (χ0n) is 13.4. The molecule has 2 rings (SSSR count). The predicted molar refractivity (Wildman–Crippen MR) is 94.0 cm³/mol. The maximum Gasteiger partial charge on any atom is 0.273 e. The van der Waals surface area contributed by atoms with E-state index in [-0.39, 0.29) is 30.2 Å². The van der Waals surface area contributed by atoms with Crippen molar-refractivity contribution in [2.75, 3.05) is 13.1 Å². The fourth-order valence-corrected chi connectivity index (χ4v) is 2.23. The first-order valence-corrected chi connectivity index (χ1v) is 7.83. The molecule has 2 N–H and O–H groups in total. The van der Waals surface area contributed by atoms with Gasteiger partial charge in [-0.15, -0.1) is 0 Å². The number of aryl methyl sites for hydroxylation is 1. The van der Waals surface area contributed by atoms with E-state index in [4.69, 9.17) is 11.6 Å². The van der Waals surface area contributed by atoms with Crippen LogP contribution in [0.15, 0.2) is 42.5 Å². The van der Waals surface area contributed by atoms with Crippen molar-refractivity contribution in [1.29, 1.82) is 0 Å². The number of carbonyl (C=O) groups is 2. The molecule has 0 unspecified atom stereocenters. The molecule has 0 fully saturated rings. The van der Waals surface area contributed by atoms with Crippen molar-refractivity contribution in [3.05, 3.63) is 74.3 Å². The zero-order valence-corrected chi connectivity index (χ0v) is 14.2. The lowest BCUT2D eigenvalue weighted by Gasteiger charge is -2.08. The van der Waals surface area contributed by atoms with E-state index in [1.165, 1.54) is 18.2 Å². The van der Waals surface area contributed by atoms with Gasteiger partial charge in [0.25, 0.3) is 17.5 Å². The van der Waals surface area contributed by atoms with Crippen LogP contribution in [0.5, 0.6) is 0 Å². The second kappa shape index (κ2) is 8.25. The molecule has 0 aromatic heterocycles. The van der Waals surface area contributed by atoms with Gasteiger partial charge in [-0.3, -0.25) is 19.7 Å². The Balaban J connectivity index is 1.84. The molecule has 0 radical (unpaired) electrons. The minimum absolute atomic E-state index is 0.108. The van der Waals surface area contributed by atoms with Gasteiger partial charge >= 0.3 is 0 Å². The summed E-state index contributed by atoms with van der Waals surface area (Å²) in [7, 11) is 0. The molecule has 0 aliphatic heterocycles. The first kappa shape index (κ1) is 18.4. The number of rotatable bonds is 6. The van der Waals surface area contributed by atoms with Crippen molar-refractivity contribution in [2.45, 2.75) is 6.92 Å². The highest BCUT2D eigenvalue weighted by Crippen LogP contribution is 2.19. The van der Waals surface area contributed by atoms with Gasteiger partial charge in [-0.2, -0.15) is 0 Å². The van der Waals surface area contributed by atoms with Crippen molar-refractivity contribution in [3.63, 3.8) is 0 Å². The van der Waals surface area contributed by atoms with Crippen LogP contribution in [0.1, 0.15) is 26.3 Å². The van der Waals surface area contributed by atoms with Crippen molar-refractivity contribution in [3.8, 4) is 0 Å². The van der Waals surface area contributed by atoms with E-state index in [1.54, 1.807) is 31.2 Å². The van der Waals surface area contributed by atoms with E-state index in [0.29, 0.717) is 16.1 Å². The van der Waals surface area contributed by atoms with Gasteiger partial charge in [0.05, 0.1) is 4.92 Å². The SMILES string of the molecule is Cc1ccc(C(=O)NCCNC(=O)c2ccc(Cl)cc2)cc1[N+](=O)[O-]. The monoisotopic (exact) mass is 361 g/mol. The third-order valence-electron chi connectivity index (χ3n) is 3.47. The summed E-state index contributed by atoms with van der Waals surface area (Å²) in [6.45, 7) is 2.02. The number of amides is 2.